The highest BCUT2D eigenvalue weighted by atomic mass is 79.9. The number of rotatable bonds is 5. The second-order valence-electron chi connectivity index (χ2n) is 2.80. The molecular formula is C10H13BrO3. The fraction of sp³-hybridized carbons (Fsp3) is 0.400. The molecule has 0 aliphatic carbocycles. The van der Waals surface area contributed by atoms with Crippen molar-refractivity contribution in [2.24, 2.45) is 0 Å². The van der Waals surface area contributed by atoms with Crippen molar-refractivity contribution in [3.8, 4) is 11.5 Å². The molecule has 14 heavy (non-hydrogen) atoms. The van der Waals surface area contributed by atoms with Crippen LogP contribution in [0.5, 0.6) is 11.5 Å². The van der Waals surface area contributed by atoms with E-state index in [1.165, 1.54) is 0 Å². The molecule has 0 aliphatic rings. The molecule has 0 heterocycles. The number of halogens is 1. The Balaban J connectivity index is 2.50. The van der Waals surface area contributed by atoms with Gasteiger partial charge in [0.15, 0.2) is 0 Å². The first-order chi connectivity index (χ1) is 6.76. The highest BCUT2D eigenvalue weighted by Crippen LogP contribution is 2.18. The lowest BCUT2D eigenvalue weighted by molar-refractivity contribution is 0.127. The summed E-state index contributed by atoms with van der Waals surface area (Å²) in [5.41, 5.74) is 0. The molecule has 0 aliphatic heterocycles. The Kier molecular flexibility index (Phi) is 4.76. The summed E-state index contributed by atoms with van der Waals surface area (Å²) in [4.78, 5) is 0. The van der Waals surface area contributed by atoms with Crippen LogP contribution in [0.25, 0.3) is 0 Å². The molecule has 78 valence electrons. The number of ether oxygens (including phenoxy) is 2. The molecule has 0 amide bonds. The largest absolute Gasteiger partial charge is 0.497 e. The zero-order valence-electron chi connectivity index (χ0n) is 7.94. The van der Waals surface area contributed by atoms with Gasteiger partial charge in [0.1, 0.15) is 18.1 Å². The maximum atomic E-state index is 9.24. The summed E-state index contributed by atoms with van der Waals surface area (Å²) in [6.45, 7) is 0.276. The molecule has 1 aromatic rings. The van der Waals surface area contributed by atoms with E-state index in [0.717, 1.165) is 5.75 Å². The van der Waals surface area contributed by atoms with Gasteiger partial charge in [-0.15, -0.1) is 0 Å². The van der Waals surface area contributed by atoms with Gasteiger partial charge in [0, 0.05) is 11.4 Å². The molecule has 0 aromatic heterocycles. The van der Waals surface area contributed by atoms with Crippen LogP contribution in [0.15, 0.2) is 24.3 Å². The van der Waals surface area contributed by atoms with Gasteiger partial charge in [-0.05, 0) is 12.1 Å². The maximum Gasteiger partial charge on any atom is 0.123 e. The Morgan fingerprint density at radius 2 is 2.14 bits per heavy atom. The Morgan fingerprint density at radius 3 is 2.79 bits per heavy atom. The Morgan fingerprint density at radius 1 is 1.43 bits per heavy atom. The smallest absolute Gasteiger partial charge is 0.123 e. The average Bonchev–Trinajstić information content (AvgIpc) is 2.26. The molecule has 1 rings (SSSR count). The van der Waals surface area contributed by atoms with Crippen LogP contribution < -0.4 is 9.47 Å². The van der Waals surface area contributed by atoms with E-state index in [1.807, 2.05) is 18.2 Å². The minimum Gasteiger partial charge on any atom is -0.497 e. The number of aliphatic hydroxyl groups excluding tert-OH is 1. The molecule has 0 saturated heterocycles. The van der Waals surface area contributed by atoms with Crippen LogP contribution in [0.2, 0.25) is 0 Å². The van der Waals surface area contributed by atoms with Gasteiger partial charge in [-0.2, -0.15) is 0 Å². The van der Waals surface area contributed by atoms with E-state index >= 15 is 0 Å². The number of alkyl halides is 1. The van der Waals surface area contributed by atoms with Crippen LogP contribution in [0.1, 0.15) is 0 Å². The number of benzene rings is 1. The van der Waals surface area contributed by atoms with Crippen LogP contribution >= 0.6 is 15.9 Å². The highest BCUT2D eigenvalue weighted by Gasteiger charge is 2.03. The SMILES string of the molecule is COc1cccc(OCC(O)CBr)c1. The first kappa shape index (κ1) is 11.3. The lowest BCUT2D eigenvalue weighted by Gasteiger charge is -2.10. The van der Waals surface area contributed by atoms with Crippen molar-refractivity contribution in [2.45, 2.75) is 6.10 Å². The molecule has 0 fully saturated rings. The van der Waals surface area contributed by atoms with Gasteiger partial charge < -0.3 is 14.6 Å². The van der Waals surface area contributed by atoms with Gasteiger partial charge in [-0.25, -0.2) is 0 Å². The van der Waals surface area contributed by atoms with Gasteiger partial charge in [0.25, 0.3) is 0 Å². The predicted octanol–water partition coefficient (Wildman–Crippen LogP) is 1.83. The molecular weight excluding hydrogens is 248 g/mol. The molecule has 0 spiro atoms. The normalized spacial score (nSPS) is 12.2. The highest BCUT2D eigenvalue weighted by molar-refractivity contribution is 9.09. The molecule has 1 N–H and O–H groups in total. The Hall–Kier alpha value is -0.740. The predicted molar refractivity (Wildman–Crippen MR) is 58.3 cm³/mol. The first-order valence-corrected chi connectivity index (χ1v) is 5.39. The van der Waals surface area contributed by atoms with E-state index in [0.29, 0.717) is 11.1 Å². The summed E-state index contributed by atoms with van der Waals surface area (Å²) < 4.78 is 10.4. The fourth-order valence-corrected chi connectivity index (χ4v) is 1.11. The molecule has 0 bridgehead atoms. The van der Waals surface area contributed by atoms with Crippen molar-refractivity contribution in [2.75, 3.05) is 19.0 Å². The van der Waals surface area contributed by atoms with Crippen LogP contribution in [0, 0.1) is 0 Å². The third kappa shape index (κ3) is 3.55. The maximum absolute atomic E-state index is 9.24. The molecule has 1 unspecified atom stereocenters. The summed E-state index contributed by atoms with van der Waals surface area (Å²) in [6.07, 6.45) is -0.485. The number of aliphatic hydroxyl groups is 1. The second kappa shape index (κ2) is 5.88. The Labute approximate surface area is 91.8 Å². The summed E-state index contributed by atoms with van der Waals surface area (Å²) in [6, 6.07) is 7.28. The lowest BCUT2D eigenvalue weighted by atomic mass is 10.3. The quantitative estimate of drug-likeness (QED) is 0.822. The minimum absolute atomic E-state index is 0.276. The number of methoxy groups -OCH3 is 1. The van der Waals surface area contributed by atoms with E-state index in [2.05, 4.69) is 15.9 Å². The molecule has 1 aromatic carbocycles. The molecule has 1 atom stereocenters. The zero-order valence-corrected chi connectivity index (χ0v) is 9.53. The summed E-state index contributed by atoms with van der Waals surface area (Å²) in [5.74, 6) is 1.44. The van der Waals surface area contributed by atoms with E-state index < -0.39 is 6.10 Å². The van der Waals surface area contributed by atoms with Crippen molar-refractivity contribution < 1.29 is 14.6 Å². The molecule has 0 radical (unpaired) electrons. The number of hydrogen-bond acceptors (Lipinski definition) is 3. The average molecular weight is 261 g/mol. The third-order valence-electron chi connectivity index (χ3n) is 1.66. The van der Waals surface area contributed by atoms with Crippen LogP contribution in [-0.2, 0) is 0 Å². The van der Waals surface area contributed by atoms with E-state index in [1.54, 1.807) is 13.2 Å². The summed E-state index contributed by atoms with van der Waals surface area (Å²) >= 11 is 3.16. The molecule has 0 saturated carbocycles. The van der Waals surface area contributed by atoms with Gasteiger partial charge >= 0.3 is 0 Å². The fourth-order valence-electron chi connectivity index (χ4n) is 0.928. The van der Waals surface area contributed by atoms with Crippen molar-refractivity contribution in [3.63, 3.8) is 0 Å². The third-order valence-corrected chi connectivity index (χ3v) is 2.41. The topological polar surface area (TPSA) is 38.7 Å². The van der Waals surface area contributed by atoms with E-state index in [-0.39, 0.29) is 6.61 Å². The second-order valence-corrected chi connectivity index (χ2v) is 3.45. The number of hydrogen-bond donors (Lipinski definition) is 1. The summed E-state index contributed by atoms with van der Waals surface area (Å²) in [5, 5.41) is 9.75. The van der Waals surface area contributed by atoms with Gasteiger partial charge in [0.05, 0.1) is 13.2 Å². The van der Waals surface area contributed by atoms with Crippen LogP contribution in [-0.4, -0.2) is 30.3 Å². The monoisotopic (exact) mass is 260 g/mol. The standard InChI is InChI=1S/C10H13BrO3/c1-13-9-3-2-4-10(5-9)14-7-8(12)6-11/h2-5,8,12H,6-7H2,1H3. The molecule has 3 nitrogen and oxygen atoms in total. The van der Waals surface area contributed by atoms with E-state index in [4.69, 9.17) is 9.47 Å². The van der Waals surface area contributed by atoms with Gasteiger partial charge in [0.2, 0.25) is 0 Å². The van der Waals surface area contributed by atoms with Crippen LogP contribution in [0.3, 0.4) is 0 Å². The lowest BCUT2D eigenvalue weighted by Crippen LogP contribution is -2.18. The Bertz CT molecular complexity index is 278. The molecule has 4 heteroatoms. The van der Waals surface area contributed by atoms with Gasteiger partial charge in [-0.3, -0.25) is 0 Å². The minimum atomic E-state index is -0.485. The van der Waals surface area contributed by atoms with E-state index in [9.17, 15) is 5.11 Å². The first-order valence-electron chi connectivity index (χ1n) is 4.27. The van der Waals surface area contributed by atoms with Crippen molar-refractivity contribution in [1.29, 1.82) is 0 Å². The van der Waals surface area contributed by atoms with Crippen LogP contribution in [0.4, 0.5) is 0 Å². The van der Waals surface area contributed by atoms with Crippen molar-refractivity contribution in [3.05, 3.63) is 24.3 Å². The van der Waals surface area contributed by atoms with Crippen molar-refractivity contribution in [1.82, 2.24) is 0 Å². The van der Waals surface area contributed by atoms with Gasteiger partial charge in [-0.1, -0.05) is 22.0 Å². The zero-order chi connectivity index (χ0) is 10.4. The summed E-state index contributed by atoms with van der Waals surface area (Å²) in [7, 11) is 1.60. The van der Waals surface area contributed by atoms with Crippen molar-refractivity contribution >= 4 is 15.9 Å².